The fraction of sp³-hybridized carbons (Fsp3) is 0.647. The van der Waals surface area contributed by atoms with Gasteiger partial charge in [-0.2, -0.15) is 0 Å². The van der Waals surface area contributed by atoms with Crippen LogP contribution in [0.4, 0.5) is 0 Å². The van der Waals surface area contributed by atoms with Crippen LogP contribution in [-0.2, 0) is 6.54 Å². The van der Waals surface area contributed by atoms with Gasteiger partial charge >= 0.3 is 0 Å². The Morgan fingerprint density at radius 3 is 2.85 bits per heavy atom. The van der Waals surface area contributed by atoms with E-state index >= 15 is 0 Å². The number of hydrogen-bond acceptors (Lipinski definition) is 2. The summed E-state index contributed by atoms with van der Waals surface area (Å²) >= 11 is 6.11. The Morgan fingerprint density at radius 1 is 1.40 bits per heavy atom. The highest BCUT2D eigenvalue weighted by molar-refractivity contribution is 6.30. The minimum absolute atomic E-state index is 0.599. The molecule has 1 heterocycles. The highest BCUT2D eigenvalue weighted by Crippen LogP contribution is 2.20. The van der Waals surface area contributed by atoms with Gasteiger partial charge in [0.15, 0.2) is 0 Å². The number of rotatable bonds is 5. The molecule has 2 atom stereocenters. The van der Waals surface area contributed by atoms with Gasteiger partial charge in [-0.1, -0.05) is 50.9 Å². The predicted molar refractivity (Wildman–Crippen MR) is 87.2 cm³/mol. The van der Waals surface area contributed by atoms with Crippen LogP contribution in [0.15, 0.2) is 24.3 Å². The molecule has 0 bridgehead atoms. The smallest absolute Gasteiger partial charge is 0.0409 e. The molecule has 0 aromatic heterocycles. The van der Waals surface area contributed by atoms with E-state index in [4.69, 9.17) is 11.6 Å². The third-order valence-corrected chi connectivity index (χ3v) is 4.50. The average molecular weight is 295 g/mol. The van der Waals surface area contributed by atoms with Crippen molar-refractivity contribution < 1.29 is 0 Å². The summed E-state index contributed by atoms with van der Waals surface area (Å²) in [5.41, 5.74) is 1.32. The maximum atomic E-state index is 6.11. The summed E-state index contributed by atoms with van der Waals surface area (Å²) < 4.78 is 0. The predicted octanol–water partition coefficient (Wildman–Crippen LogP) is 3.94. The fourth-order valence-corrected chi connectivity index (χ4v) is 3.22. The second kappa shape index (κ2) is 7.44. The van der Waals surface area contributed by atoms with Crippen molar-refractivity contribution in [2.24, 2.45) is 5.92 Å². The second-order valence-corrected chi connectivity index (χ2v) is 6.70. The molecular formula is C17H27ClN2. The third kappa shape index (κ3) is 4.21. The molecule has 0 aliphatic carbocycles. The Kier molecular flexibility index (Phi) is 5.88. The van der Waals surface area contributed by atoms with Crippen molar-refractivity contribution in [1.82, 2.24) is 10.2 Å². The molecule has 0 spiro atoms. The van der Waals surface area contributed by atoms with E-state index in [9.17, 15) is 0 Å². The zero-order valence-electron chi connectivity index (χ0n) is 12.9. The van der Waals surface area contributed by atoms with Crippen LogP contribution in [0.2, 0.25) is 5.02 Å². The SMILES string of the molecule is CCCC1CNC(C(C)C)CN1Cc1cccc(Cl)c1. The highest BCUT2D eigenvalue weighted by atomic mass is 35.5. The van der Waals surface area contributed by atoms with Crippen molar-refractivity contribution in [3.05, 3.63) is 34.9 Å². The molecule has 20 heavy (non-hydrogen) atoms. The first kappa shape index (κ1) is 15.8. The molecule has 1 aliphatic rings. The molecule has 112 valence electrons. The van der Waals surface area contributed by atoms with Gasteiger partial charge in [-0.05, 0) is 30.0 Å². The number of nitrogens with zero attached hydrogens (tertiary/aromatic N) is 1. The molecule has 2 rings (SSSR count). The fourth-order valence-electron chi connectivity index (χ4n) is 3.01. The van der Waals surface area contributed by atoms with Crippen LogP contribution in [0.1, 0.15) is 39.2 Å². The first-order chi connectivity index (χ1) is 9.60. The van der Waals surface area contributed by atoms with Crippen LogP contribution in [0.3, 0.4) is 0 Å². The minimum atomic E-state index is 0.599. The van der Waals surface area contributed by atoms with Gasteiger partial charge in [0.05, 0.1) is 0 Å². The highest BCUT2D eigenvalue weighted by Gasteiger charge is 2.28. The number of benzene rings is 1. The Bertz CT molecular complexity index is 419. The summed E-state index contributed by atoms with van der Waals surface area (Å²) in [5.74, 6) is 0.680. The summed E-state index contributed by atoms with van der Waals surface area (Å²) in [6.07, 6.45) is 2.50. The molecule has 1 aromatic carbocycles. The van der Waals surface area contributed by atoms with Crippen molar-refractivity contribution in [3.8, 4) is 0 Å². The summed E-state index contributed by atoms with van der Waals surface area (Å²) in [5, 5.41) is 4.55. The van der Waals surface area contributed by atoms with E-state index in [1.165, 1.54) is 18.4 Å². The quantitative estimate of drug-likeness (QED) is 0.885. The molecule has 3 heteroatoms. The molecule has 0 radical (unpaired) electrons. The van der Waals surface area contributed by atoms with Gasteiger partial charge in [0.2, 0.25) is 0 Å². The van der Waals surface area contributed by atoms with Gasteiger partial charge in [0.1, 0.15) is 0 Å². The maximum absolute atomic E-state index is 6.11. The van der Waals surface area contributed by atoms with Crippen molar-refractivity contribution in [3.63, 3.8) is 0 Å². The van der Waals surface area contributed by atoms with E-state index < -0.39 is 0 Å². The zero-order chi connectivity index (χ0) is 14.5. The van der Waals surface area contributed by atoms with Gasteiger partial charge in [0, 0.05) is 36.7 Å². The lowest BCUT2D eigenvalue weighted by Crippen LogP contribution is -2.57. The Hall–Kier alpha value is -0.570. The van der Waals surface area contributed by atoms with E-state index in [0.29, 0.717) is 18.0 Å². The number of halogens is 1. The normalized spacial score (nSPS) is 24.2. The van der Waals surface area contributed by atoms with Crippen molar-refractivity contribution >= 4 is 11.6 Å². The second-order valence-electron chi connectivity index (χ2n) is 6.26. The Balaban J connectivity index is 2.06. The van der Waals surface area contributed by atoms with Gasteiger partial charge in [-0.3, -0.25) is 4.90 Å². The van der Waals surface area contributed by atoms with E-state index in [1.807, 2.05) is 6.07 Å². The van der Waals surface area contributed by atoms with Crippen molar-refractivity contribution in [2.75, 3.05) is 13.1 Å². The standard InChI is InChI=1S/C17H27ClN2/c1-4-6-16-10-19-17(13(2)3)12-20(16)11-14-7-5-8-15(18)9-14/h5,7-9,13,16-17,19H,4,6,10-12H2,1-3H3. The third-order valence-electron chi connectivity index (χ3n) is 4.26. The topological polar surface area (TPSA) is 15.3 Å². The van der Waals surface area contributed by atoms with E-state index in [-0.39, 0.29) is 0 Å². The number of nitrogens with one attached hydrogen (secondary N) is 1. The van der Waals surface area contributed by atoms with Crippen LogP contribution >= 0.6 is 11.6 Å². The van der Waals surface area contributed by atoms with E-state index in [1.54, 1.807) is 0 Å². The van der Waals surface area contributed by atoms with Gasteiger partial charge in [0.25, 0.3) is 0 Å². The maximum Gasteiger partial charge on any atom is 0.0409 e. The first-order valence-electron chi connectivity index (χ1n) is 7.82. The molecule has 2 nitrogen and oxygen atoms in total. The molecule has 1 aromatic rings. The van der Waals surface area contributed by atoms with Gasteiger partial charge in [-0.15, -0.1) is 0 Å². The molecule has 1 fully saturated rings. The van der Waals surface area contributed by atoms with Crippen molar-refractivity contribution in [2.45, 2.75) is 52.2 Å². The van der Waals surface area contributed by atoms with Gasteiger partial charge in [-0.25, -0.2) is 0 Å². The monoisotopic (exact) mass is 294 g/mol. The summed E-state index contributed by atoms with van der Waals surface area (Å²) in [6.45, 7) is 10.1. The van der Waals surface area contributed by atoms with Crippen LogP contribution in [0.5, 0.6) is 0 Å². The molecule has 1 saturated heterocycles. The number of piperazine rings is 1. The lowest BCUT2D eigenvalue weighted by molar-refractivity contribution is 0.0997. The van der Waals surface area contributed by atoms with E-state index in [2.05, 4.69) is 49.2 Å². The van der Waals surface area contributed by atoms with Gasteiger partial charge < -0.3 is 5.32 Å². The zero-order valence-corrected chi connectivity index (χ0v) is 13.7. The molecule has 2 unspecified atom stereocenters. The molecule has 0 amide bonds. The summed E-state index contributed by atoms with van der Waals surface area (Å²) in [4.78, 5) is 2.64. The molecule has 0 saturated carbocycles. The van der Waals surface area contributed by atoms with Crippen molar-refractivity contribution in [1.29, 1.82) is 0 Å². The Morgan fingerprint density at radius 2 is 2.20 bits per heavy atom. The lowest BCUT2D eigenvalue weighted by Gasteiger charge is -2.42. The first-order valence-corrected chi connectivity index (χ1v) is 8.19. The lowest BCUT2D eigenvalue weighted by atomic mass is 9.97. The molecule has 1 aliphatic heterocycles. The molecule has 1 N–H and O–H groups in total. The minimum Gasteiger partial charge on any atom is -0.311 e. The van der Waals surface area contributed by atoms with Crippen LogP contribution in [0.25, 0.3) is 0 Å². The van der Waals surface area contributed by atoms with Crippen LogP contribution in [0, 0.1) is 5.92 Å². The number of hydrogen-bond donors (Lipinski definition) is 1. The largest absolute Gasteiger partial charge is 0.311 e. The summed E-state index contributed by atoms with van der Waals surface area (Å²) in [6, 6.07) is 9.52. The summed E-state index contributed by atoms with van der Waals surface area (Å²) in [7, 11) is 0. The van der Waals surface area contributed by atoms with E-state index in [0.717, 1.165) is 24.7 Å². The Labute approximate surface area is 128 Å². The van der Waals surface area contributed by atoms with Crippen LogP contribution < -0.4 is 5.32 Å². The average Bonchev–Trinajstić information content (AvgIpc) is 2.41. The molecular weight excluding hydrogens is 268 g/mol. The van der Waals surface area contributed by atoms with Crippen LogP contribution in [-0.4, -0.2) is 30.1 Å².